The Labute approximate surface area is 115 Å². The molecule has 19 heavy (non-hydrogen) atoms. The number of piperidine rings is 1. The zero-order valence-electron chi connectivity index (χ0n) is 12.1. The lowest BCUT2D eigenvalue weighted by Crippen LogP contribution is -2.54. The molecule has 0 spiro atoms. The SMILES string of the molecule is Cc1ccc(CN2CCCCC2(C)C(=O)O)cc1C. The molecule has 1 aromatic carbocycles. The van der Waals surface area contributed by atoms with Gasteiger partial charge < -0.3 is 5.11 Å². The topological polar surface area (TPSA) is 40.5 Å². The van der Waals surface area contributed by atoms with Crippen LogP contribution < -0.4 is 0 Å². The molecule has 3 nitrogen and oxygen atoms in total. The second kappa shape index (κ2) is 5.33. The maximum atomic E-state index is 11.6. The summed E-state index contributed by atoms with van der Waals surface area (Å²) >= 11 is 0. The summed E-state index contributed by atoms with van der Waals surface area (Å²) in [4.78, 5) is 13.7. The van der Waals surface area contributed by atoms with E-state index in [9.17, 15) is 9.90 Å². The number of aryl methyl sites for hydroxylation is 2. The number of likely N-dealkylation sites (tertiary alicyclic amines) is 1. The number of carboxylic acid groups (broad SMARTS) is 1. The largest absolute Gasteiger partial charge is 0.480 e. The zero-order valence-corrected chi connectivity index (χ0v) is 12.1. The molecular weight excluding hydrogens is 238 g/mol. The second-order valence-corrected chi connectivity index (χ2v) is 5.88. The van der Waals surface area contributed by atoms with Crippen molar-refractivity contribution in [2.75, 3.05) is 6.54 Å². The molecule has 1 heterocycles. The van der Waals surface area contributed by atoms with E-state index < -0.39 is 11.5 Å². The molecule has 3 heteroatoms. The number of hydrogen-bond acceptors (Lipinski definition) is 2. The van der Waals surface area contributed by atoms with Gasteiger partial charge in [-0.1, -0.05) is 18.2 Å². The lowest BCUT2D eigenvalue weighted by Gasteiger charge is -2.41. The van der Waals surface area contributed by atoms with E-state index in [0.717, 1.165) is 32.4 Å². The maximum absolute atomic E-state index is 11.6. The molecule has 1 saturated heterocycles. The van der Waals surface area contributed by atoms with Gasteiger partial charge >= 0.3 is 5.97 Å². The van der Waals surface area contributed by atoms with Crippen LogP contribution in [-0.4, -0.2) is 28.1 Å². The molecule has 1 aromatic rings. The molecule has 1 fully saturated rings. The van der Waals surface area contributed by atoms with Gasteiger partial charge in [0.1, 0.15) is 5.54 Å². The molecule has 1 aliphatic rings. The first-order valence-corrected chi connectivity index (χ1v) is 6.98. The molecule has 0 radical (unpaired) electrons. The highest BCUT2D eigenvalue weighted by atomic mass is 16.4. The summed E-state index contributed by atoms with van der Waals surface area (Å²) in [5, 5.41) is 9.50. The monoisotopic (exact) mass is 261 g/mol. The van der Waals surface area contributed by atoms with Crippen molar-refractivity contribution < 1.29 is 9.90 Å². The van der Waals surface area contributed by atoms with E-state index in [1.807, 2.05) is 6.92 Å². The zero-order chi connectivity index (χ0) is 14.0. The highest BCUT2D eigenvalue weighted by Crippen LogP contribution is 2.30. The lowest BCUT2D eigenvalue weighted by molar-refractivity contribution is -0.153. The van der Waals surface area contributed by atoms with Crippen molar-refractivity contribution >= 4 is 5.97 Å². The van der Waals surface area contributed by atoms with Gasteiger partial charge in [-0.25, -0.2) is 0 Å². The van der Waals surface area contributed by atoms with Gasteiger partial charge in [0.05, 0.1) is 0 Å². The number of rotatable bonds is 3. The third-order valence-electron chi connectivity index (χ3n) is 4.45. The van der Waals surface area contributed by atoms with E-state index in [4.69, 9.17) is 0 Å². The molecule has 1 aliphatic heterocycles. The van der Waals surface area contributed by atoms with Crippen molar-refractivity contribution in [2.45, 2.75) is 52.1 Å². The van der Waals surface area contributed by atoms with Crippen LogP contribution in [0.3, 0.4) is 0 Å². The number of benzene rings is 1. The predicted molar refractivity (Wildman–Crippen MR) is 76.2 cm³/mol. The number of nitrogens with zero attached hydrogens (tertiary/aromatic N) is 1. The molecule has 1 atom stereocenters. The number of carbonyl (C=O) groups is 1. The number of carboxylic acids is 1. The minimum absolute atomic E-state index is 0.698. The standard InChI is InChI=1S/C16H23NO2/c1-12-6-7-14(10-13(12)2)11-17-9-5-4-8-16(17,3)15(18)19/h6-7,10H,4-5,8-9,11H2,1-3H3,(H,18,19). The van der Waals surface area contributed by atoms with Crippen LogP contribution in [0, 0.1) is 13.8 Å². The first kappa shape index (κ1) is 14.1. The molecule has 1 N–H and O–H groups in total. The van der Waals surface area contributed by atoms with Gasteiger partial charge in [0.2, 0.25) is 0 Å². The van der Waals surface area contributed by atoms with Crippen LogP contribution in [0.5, 0.6) is 0 Å². The Balaban J connectivity index is 2.20. The van der Waals surface area contributed by atoms with Crippen molar-refractivity contribution in [2.24, 2.45) is 0 Å². The fourth-order valence-corrected chi connectivity index (χ4v) is 2.79. The summed E-state index contributed by atoms with van der Waals surface area (Å²) in [7, 11) is 0. The molecular formula is C16H23NO2. The molecule has 0 amide bonds. The third-order valence-corrected chi connectivity index (χ3v) is 4.45. The van der Waals surface area contributed by atoms with E-state index in [-0.39, 0.29) is 0 Å². The summed E-state index contributed by atoms with van der Waals surface area (Å²) in [5.74, 6) is -0.698. The van der Waals surface area contributed by atoms with E-state index in [2.05, 4.69) is 36.9 Å². The molecule has 104 valence electrons. The Hall–Kier alpha value is -1.35. The molecule has 0 saturated carbocycles. The Morgan fingerprint density at radius 2 is 2.05 bits per heavy atom. The van der Waals surface area contributed by atoms with E-state index in [1.54, 1.807) is 0 Å². The van der Waals surface area contributed by atoms with E-state index in [1.165, 1.54) is 16.7 Å². The molecule has 0 bridgehead atoms. The summed E-state index contributed by atoms with van der Waals surface area (Å²) in [6.45, 7) is 7.65. The second-order valence-electron chi connectivity index (χ2n) is 5.88. The van der Waals surface area contributed by atoms with Gasteiger partial charge in [-0.15, -0.1) is 0 Å². The fourth-order valence-electron chi connectivity index (χ4n) is 2.79. The number of hydrogen-bond donors (Lipinski definition) is 1. The summed E-state index contributed by atoms with van der Waals surface area (Å²) in [6, 6.07) is 6.40. The minimum atomic E-state index is -0.711. The minimum Gasteiger partial charge on any atom is -0.480 e. The third kappa shape index (κ3) is 2.81. The predicted octanol–water partition coefficient (Wildman–Crippen LogP) is 3.13. The van der Waals surface area contributed by atoms with Crippen molar-refractivity contribution in [1.29, 1.82) is 0 Å². The van der Waals surface area contributed by atoms with Gasteiger partial charge in [0, 0.05) is 6.54 Å². The average molecular weight is 261 g/mol. The maximum Gasteiger partial charge on any atom is 0.323 e. The average Bonchev–Trinajstić information content (AvgIpc) is 2.36. The van der Waals surface area contributed by atoms with Crippen LogP contribution >= 0.6 is 0 Å². The van der Waals surface area contributed by atoms with Crippen molar-refractivity contribution in [1.82, 2.24) is 4.90 Å². The van der Waals surface area contributed by atoms with Crippen molar-refractivity contribution in [3.8, 4) is 0 Å². The van der Waals surface area contributed by atoms with Gasteiger partial charge in [0.15, 0.2) is 0 Å². The van der Waals surface area contributed by atoms with Crippen molar-refractivity contribution in [3.63, 3.8) is 0 Å². The highest BCUT2D eigenvalue weighted by Gasteiger charge is 2.41. The van der Waals surface area contributed by atoms with E-state index in [0.29, 0.717) is 0 Å². The van der Waals surface area contributed by atoms with Crippen LogP contribution in [0.15, 0.2) is 18.2 Å². The Morgan fingerprint density at radius 1 is 1.32 bits per heavy atom. The summed E-state index contributed by atoms with van der Waals surface area (Å²) in [6.07, 6.45) is 2.84. The van der Waals surface area contributed by atoms with E-state index >= 15 is 0 Å². The van der Waals surface area contributed by atoms with Gasteiger partial charge in [-0.3, -0.25) is 9.69 Å². The van der Waals surface area contributed by atoms with Gasteiger partial charge in [-0.05, 0) is 63.3 Å². The number of aliphatic carboxylic acids is 1. The first-order chi connectivity index (χ1) is 8.93. The quantitative estimate of drug-likeness (QED) is 0.908. The van der Waals surface area contributed by atoms with Crippen LogP contribution in [0.1, 0.15) is 42.9 Å². The Bertz CT molecular complexity index is 484. The smallest absolute Gasteiger partial charge is 0.323 e. The van der Waals surface area contributed by atoms with Gasteiger partial charge in [0.25, 0.3) is 0 Å². The normalized spacial score (nSPS) is 24.4. The molecule has 2 rings (SSSR count). The lowest BCUT2D eigenvalue weighted by atomic mass is 9.88. The summed E-state index contributed by atoms with van der Waals surface area (Å²) in [5.41, 5.74) is 3.05. The van der Waals surface area contributed by atoms with Crippen LogP contribution in [0.25, 0.3) is 0 Å². The summed E-state index contributed by atoms with van der Waals surface area (Å²) < 4.78 is 0. The van der Waals surface area contributed by atoms with Crippen molar-refractivity contribution in [3.05, 3.63) is 34.9 Å². The Morgan fingerprint density at radius 3 is 2.68 bits per heavy atom. The van der Waals surface area contributed by atoms with Crippen LogP contribution in [-0.2, 0) is 11.3 Å². The molecule has 0 aliphatic carbocycles. The van der Waals surface area contributed by atoms with Crippen LogP contribution in [0.2, 0.25) is 0 Å². The highest BCUT2D eigenvalue weighted by molar-refractivity contribution is 5.78. The fraction of sp³-hybridized carbons (Fsp3) is 0.562. The van der Waals surface area contributed by atoms with Crippen LogP contribution in [0.4, 0.5) is 0 Å². The molecule has 1 unspecified atom stereocenters. The van der Waals surface area contributed by atoms with Gasteiger partial charge in [-0.2, -0.15) is 0 Å². The Kier molecular flexibility index (Phi) is 3.95. The molecule has 0 aromatic heterocycles. The first-order valence-electron chi connectivity index (χ1n) is 6.98.